The van der Waals surface area contributed by atoms with Crippen LogP contribution in [0.4, 0.5) is 0 Å². The number of aromatic nitrogens is 2. The zero-order valence-electron chi connectivity index (χ0n) is 14.3. The van der Waals surface area contributed by atoms with Gasteiger partial charge in [-0.05, 0) is 35.9 Å². The van der Waals surface area contributed by atoms with Crippen molar-refractivity contribution >= 4 is 12.0 Å². The van der Waals surface area contributed by atoms with Crippen molar-refractivity contribution in [1.82, 2.24) is 10.2 Å². The van der Waals surface area contributed by atoms with Crippen molar-refractivity contribution in [2.75, 3.05) is 13.2 Å². The van der Waals surface area contributed by atoms with Crippen molar-refractivity contribution < 1.29 is 23.4 Å². The van der Waals surface area contributed by atoms with Crippen molar-refractivity contribution in [3.63, 3.8) is 0 Å². The van der Waals surface area contributed by atoms with Crippen LogP contribution in [0, 0.1) is 0 Å². The van der Waals surface area contributed by atoms with E-state index < -0.39 is 5.97 Å². The summed E-state index contributed by atoms with van der Waals surface area (Å²) >= 11 is 0. The molecule has 7 nitrogen and oxygen atoms in total. The first kappa shape index (κ1) is 16.8. The Morgan fingerprint density at radius 3 is 2.70 bits per heavy atom. The Labute approximate surface area is 155 Å². The zero-order chi connectivity index (χ0) is 18.5. The van der Waals surface area contributed by atoms with Gasteiger partial charge < -0.3 is 18.6 Å². The highest BCUT2D eigenvalue weighted by molar-refractivity contribution is 5.87. The van der Waals surface area contributed by atoms with Crippen molar-refractivity contribution in [1.29, 1.82) is 0 Å². The molecule has 0 bridgehead atoms. The van der Waals surface area contributed by atoms with Crippen LogP contribution in [0.3, 0.4) is 0 Å². The van der Waals surface area contributed by atoms with E-state index in [4.69, 9.17) is 18.6 Å². The molecule has 0 saturated carbocycles. The SMILES string of the molecule is O=C(C=Cc1ccc2c(c1)OCCO2)OCc1nnc(-c2ccccc2)o1. The van der Waals surface area contributed by atoms with E-state index in [-0.39, 0.29) is 12.5 Å². The number of ether oxygens (including phenoxy) is 3. The summed E-state index contributed by atoms with van der Waals surface area (Å²) in [6, 6.07) is 14.8. The molecule has 7 heteroatoms. The molecular formula is C20H16N2O5. The minimum atomic E-state index is -0.510. The van der Waals surface area contributed by atoms with Crippen LogP contribution in [0.25, 0.3) is 17.5 Å². The number of fused-ring (bicyclic) bond motifs is 1. The molecule has 1 aliphatic heterocycles. The van der Waals surface area contributed by atoms with E-state index in [2.05, 4.69) is 10.2 Å². The Morgan fingerprint density at radius 2 is 1.85 bits per heavy atom. The predicted molar refractivity (Wildman–Crippen MR) is 96.0 cm³/mol. The number of nitrogens with zero attached hydrogens (tertiary/aromatic N) is 2. The van der Waals surface area contributed by atoms with E-state index in [0.29, 0.717) is 30.6 Å². The molecule has 0 aliphatic carbocycles. The van der Waals surface area contributed by atoms with Crippen molar-refractivity contribution in [2.45, 2.75) is 6.61 Å². The fourth-order valence-corrected chi connectivity index (χ4v) is 2.52. The van der Waals surface area contributed by atoms with Gasteiger partial charge in [0.1, 0.15) is 13.2 Å². The van der Waals surface area contributed by atoms with Crippen LogP contribution in [-0.4, -0.2) is 29.4 Å². The fraction of sp³-hybridized carbons (Fsp3) is 0.150. The van der Waals surface area contributed by atoms with Crippen molar-refractivity contribution in [3.8, 4) is 23.0 Å². The minimum absolute atomic E-state index is 0.0931. The number of hydrogen-bond acceptors (Lipinski definition) is 7. The van der Waals surface area contributed by atoms with Gasteiger partial charge in [-0.1, -0.05) is 24.3 Å². The highest BCUT2D eigenvalue weighted by atomic mass is 16.6. The van der Waals surface area contributed by atoms with Crippen LogP contribution >= 0.6 is 0 Å². The molecule has 2 aromatic carbocycles. The molecule has 1 aromatic heterocycles. The molecule has 0 unspecified atom stereocenters. The van der Waals surface area contributed by atoms with Gasteiger partial charge >= 0.3 is 5.97 Å². The van der Waals surface area contributed by atoms with Crippen LogP contribution in [0.15, 0.2) is 59.0 Å². The Hall–Kier alpha value is -3.61. The standard InChI is InChI=1S/C20H16N2O5/c23-19(9-7-14-6-8-16-17(12-14)25-11-10-24-16)26-13-18-21-22-20(27-18)15-4-2-1-3-5-15/h1-9,12H,10-11,13H2. The highest BCUT2D eigenvalue weighted by Gasteiger charge is 2.12. The van der Waals surface area contributed by atoms with Gasteiger partial charge in [-0.2, -0.15) is 0 Å². The molecule has 1 aliphatic rings. The molecule has 0 spiro atoms. The van der Waals surface area contributed by atoms with Gasteiger partial charge in [0, 0.05) is 11.6 Å². The minimum Gasteiger partial charge on any atom is -0.486 e. The van der Waals surface area contributed by atoms with Crippen LogP contribution in [0.1, 0.15) is 11.5 Å². The zero-order valence-corrected chi connectivity index (χ0v) is 14.3. The molecular weight excluding hydrogens is 348 g/mol. The van der Waals surface area contributed by atoms with Crippen LogP contribution in [0.2, 0.25) is 0 Å². The second kappa shape index (κ2) is 7.74. The van der Waals surface area contributed by atoms with Gasteiger partial charge in [0.2, 0.25) is 5.89 Å². The van der Waals surface area contributed by atoms with Crippen LogP contribution < -0.4 is 9.47 Å². The van der Waals surface area contributed by atoms with E-state index in [1.165, 1.54) is 6.08 Å². The van der Waals surface area contributed by atoms with Gasteiger partial charge in [0.05, 0.1) is 0 Å². The molecule has 0 saturated heterocycles. The molecule has 27 heavy (non-hydrogen) atoms. The van der Waals surface area contributed by atoms with Crippen molar-refractivity contribution in [3.05, 3.63) is 66.1 Å². The summed E-state index contributed by atoms with van der Waals surface area (Å²) in [5, 5.41) is 7.83. The first-order valence-electron chi connectivity index (χ1n) is 8.40. The summed E-state index contributed by atoms with van der Waals surface area (Å²) in [7, 11) is 0. The molecule has 3 aromatic rings. The lowest BCUT2D eigenvalue weighted by Gasteiger charge is -2.18. The number of esters is 1. The lowest BCUT2D eigenvalue weighted by Crippen LogP contribution is -2.15. The average molecular weight is 364 g/mol. The molecule has 0 atom stereocenters. The Morgan fingerprint density at radius 1 is 1.04 bits per heavy atom. The fourth-order valence-electron chi connectivity index (χ4n) is 2.52. The van der Waals surface area contributed by atoms with Gasteiger partial charge in [-0.3, -0.25) is 0 Å². The summed E-state index contributed by atoms with van der Waals surface area (Å²) in [5.41, 5.74) is 1.61. The molecule has 4 rings (SSSR count). The Balaban J connectivity index is 1.33. The average Bonchev–Trinajstić information content (AvgIpc) is 3.20. The summed E-state index contributed by atoms with van der Waals surface area (Å²) in [6.45, 7) is 0.956. The first-order chi connectivity index (χ1) is 13.3. The van der Waals surface area contributed by atoms with Gasteiger partial charge in [0.25, 0.3) is 5.89 Å². The number of carbonyl (C=O) groups is 1. The van der Waals surface area contributed by atoms with Crippen LogP contribution in [0.5, 0.6) is 11.5 Å². The summed E-state index contributed by atoms with van der Waals surface area (Å²) < 4.78 is 21.6. The topological polar surface area (TPSA) is 83.7 Å². The summed E-state index contributed by atoms with van der Waals surface area (Å²) in [5.74, 6) is 1.47. The van der Waals surface area contributed by atoms with E-state index in [1.54, 1.807) is 6.08 Å². The third kappa shape index (κ3) is 4.14. The van der Waals surface area contributed by atoms with Gasteiger partial charge in [0.15, 0.2) is 18.1 Å². The number of carbonyl (C=O) groups excluding carboxylic acids is 1. The van der Waals surface area contributed by atoms with E-state index in [0.717, 1.165) is 11.1 Å². The Bertz CT molecular complexity index is 966. The smallest absolute Gasteiger partial charge is 0.331 e. The largest absolute Gasteiger partial charge is 0.486 e. The number of rotatable bonds is 5. The second-order valence-electron chi connectivity index (χ2n) is 5.71. The number of benzene rings is 2. The lowest BCUT2D eigenvalue weighted by atomic mass is 10.2. The van der Waals surface area contributed by atoms with E-state index in [1.807, 2.05) is 48.5 Å². The maximum Gasteiger partial charge on any atom is 0.331 e. The molecule has 0 N–H and O–H groups in total. The Kier molecular flexibility index (Phi) is 4.82. The second-order valence-corrected chi connectivity index (χ2v) is 5.71. The monoisotopic (exact) mass is 364 g/mol. The first-order valence-corrected chi connectivity index (χ1v) is 8.40. The predicted octanol–water partition coefficient (Wildman–Crippen LogP) is 3.26. The normalized spacial score (nSPS) is 12.9. The maximum absolute atomic E-state index is 11.9. The van der Waals surface area contributed by atoms with Gasteiger partial charge in [-0.15, -0.1) is 10.2 Å². The molecule has 0 radical (unpaired) electrons. The lowest BCUT2D eigenvalue weighted by molar-refractivity contribution is -0.139. The van der Waals surface area contributed by atoms with E-state index in [9.17, 15) is 4.79 Å². The van der Waals surface area contributed by atoms with E-state index >= 15 is 0 Å². The van der Waals surface area contributed by atoms with Crippen molar-refractivity contribution in [2.24, 2.45) is 0 Å². The maximum atomic E-state index is 11.9. The van der Waals surface area contributed by atoms with Gasteiger partial charge in [-0.25, -0.2) is 4.79 Å². The van der Waals surface area contributed by atoms with Crippen LogP contribution in [-0.2, 0) is 16.1 Å². The third-order valence-electron chi connectivity index (χ3n) is 3.80. The third-order valence-corrected chi connectivity index (χ3v) is 3.80. The molecule has 0 fully saturated rings. The number of hydrogen-bond donors (Lipinski definition) is 0. The summed E-state index contributed by atoms with van der Waals surface area (Å²) in [6.07, 6.45) is 2.98. The molecule has 136 valence electrons. The highest BCUT2D eigenvalue weighted by Crippen LogP contribution is 2.31. The molecule has 0 amide bonds. The molecule has 2 heterocycles. The quantitative estimate of drug-likeness (QED) is 0.507. The summed E-state index contributed by atoms with van der Waals surface area (Å²) in [4.78, 5) is 11.9.